The van der Waals surface area contributed by atoms with Crippen LogP contribution >= 0.6 is 0 Å². The van der Waals surface area contributed by atoms with E-state index in [1.165, 1.54) is 5.56 Å². The number of halogens is 1. The number of hydrogen-bond donors (Lipinski definition) is 0. The summed E-state index contributed by atoms with van der Waals surface area (Å²) in [6.07, 6.45) is 2.23. The van der Waals surface area contributed by atoms with Crippen molar-refractivity contribution in [2.24, 2.45) is 0 Å². The molecule has 1 aromatic carbocycles. The Balaban J connectivity index is 2.64. The van der Waals surface area contributed by atoms with Crippen molar-refractivity contribution in [1.29, 1.82) is 0 Å². The third-order valence-corrected chi connectivity index (χ3v) is 1.88. The number of rotatable bonds is 3. The van der Waals surface area contributed by atoms with Crippen molar-refractivity contribution in [2.75, 3.05) is 0 Å². The molecular formula is C11H13F. The van der Waals surface area contributed by atoms with Gasteiger partial charge in [0.1, 0.15) is 0 Å². The van der Waals surface area contributed by atoms with Crippen LogP contribution in [0.15, 0.2) is 42.2 Å². The fourth-order valence-electron chi connectivity index (χ4n) is 1.10. The number of benzene rings is 1. The molecule has 0 nitrogen and oxygen atoms in total. The van der Waals surface area contributed by atoms with E-state index in [0.717, 1.165) is 18.4 Å². The van der Waals surface area contributed by atoms with Crippen LogP contribution in [0.25, 0.3) is 0 Å². The summed E-state index contributed by atoms with van der Waals surface area (Å²) in [7, 11) is 0. The van der Waals surface area contributed by atoms with Crippen LogP contribution in [0.5, 0.6) is 0 Å². The molecule has 12 heavy (non-hydrogen) atoms. The van der Waals surface area contributed by atoms with E-state index < -0.39 is 0 Å². The molecule has 1 rings (SSSR count). The predicted octanol–water partition coefficient (Wildman–Crippen LogP) is 3.49. The fraction of sp³-hybridized carbons (Fsp3) is 0.273. The van der Waals surface area contributed by atoms with Gasteiger partial charge < -0.3 is 0 Å². The SMILES string of the molecule is CCC(=CF)Cc1ccccc1. The molecule has 0 atom stereocenters. The average molecular weight is 164 g/mol. The van der Waals surface area contributed by atoms with Crippen molar-refractivity contribution in [3.05, 3.63) is 47.8 Å². The Hall–Kier alpha value is -1.11. The van der Waals surface area contributed by atoms with Gasteiger partial charge in [0.2, 0.25) is 0 Å². The molecule has 0 radical (unpaired) electrons. The third kappa shape index (κ3) is 2.50. The maximum atomic E-state index is 12.2. The molecule has 0 saturated heterocycles. The van der Waals surface area contributed by atoms with E-state index in [9.17, 15) is 4.39 Å². The molecule has 0 aliphatic heterocycles. The molecule has 0 bridgehead atoms. The van der Waals surface area contributed by atoms with Gasteiger partial charge in [-0.05, 0) is 24.0 Å². The van der Waals surface area contributed by atoms with E-state index in [-0.39, 0.29) is 0 Å². The third-order valence-electron chi connectivity index (χ3n) is 1.88. The van der Waals surface area contributed by atoms with Gasteiger partial charge in [0.15, 0.2) is 0 Å². The van der Waals surface area contributed by atoms with Gasteiger partial charge in [0, 0.05) is 0 Å². The Bertz CT molecular complexity index is 249. The normalized spacial score (nSPS) is 11.7. The van der Waals surface area contributed by atoms with Gasteiger partial charge in [-0.15, -0.1) is 0 Å². The second-order valence-corrected chi connectivity index (χ2v) is 2.78. The highest BCUT2D eigenvalue weighted by Crippen LogP contribution is 2.10. The second kappa shape index (κ2) is 4.70. The predicted molar refractivity (Wildman–Crippen MR) is 49.6 cm³/mol. The van der Waals surface area contributed by atoms with Crippen molar-refractivity contribution in [1.82, 2.24) is 0 Å². The summed E-state index contributed by atoms with van der Waals surface area (Å²) in [6, 6.07) is 9.94. The van der Waals surface area contributed by atoms with Crippen molar-refractivity contribution in [3.63, 3.8) is 0 Å². The maximum Gasteiger partial charge on any atom is 0.0862 e. The van der Waals surface area contributed by atoms with Crippen molar-refractivity contribution < 1.29 is 4.39 Å². The Morgan fingerprint density at radius 3 is 2.50 bits per heavy atom. The van der Waals surface area contributed by atoms with Crippen LogP contribution in [0, 0.1) is 0 Å². The van der Waals surface area contributed by atoms with E-state index in [0.29, 0.717) is 6.33 Å². The van der Waals surface area contributed by atoms with E-state index in [1.807, 2.05) is 37.3 Å². The largest absolute Gasteiger partial charge is 0.216 e. The summed E-state index contributed by atoms with van der Waals surface area (Å²) in [5.74, 6) is 0. The highest BCUT2D eigenvalue weighted by atomic mass is 19.1. The Morgan fingerprint density at radius 1 is 1.33 bits per heavy atom. The lowest BCUT2D eigenvalue weighted by Gasteiger charge is -2.01. The Kier molecular flexibility index (Phi) is 3.52. The average Bonchev–Trinajstić information content (AvgIpc) is 2.16. The zero-order valence-electron chi connectivity index (χ0n) is 7.26. The molecule has 1 heteroatoms. The van der Waals surface area contributed by atoms with Gasteiger partial charge in [-0.25, -0.2) is 4.39 Å². The minimum Gasteiger partial charge on any atom is -0.216 e. The molecule has 1 aromatic rings. The van der Waals surface area contributed by atoms with Gasteiger partial charge in [-0.2, -0.15) is 0 Å². The molecule has 0 saturated carbocycles. The molecule has 0 aliphatic carbocycles. The minimum absolute atomic E-state index is 0.715. The zero-order chi connectivity index (χ0) is 8.81. The van der Waals surface area contributed by atoms with E-state index in [1.54, 1.807) is 0 Å². The summed E-state index contributed by atoms with van der Waals surface area (Å²) in [5, 5.41) is 0. The standard InChI is InChI=1S/C11H13F/c1-2-10(9-12)8-11-6-4-3-5-7-11/h3-7,9H,2,8H2,1H3. The maximum absolute atomic E-state index is 12.2. The van der Waals surface area contributed by atoms with E-state index >= 15 is 0 Å². The van der Waals surface area contributed by atoms with Gasteiger partial charge in [0.05, 0.1) is 6.33 Å². The Morgan fingerprint density at radius 2 is 2.00 bits per heavy atom. The Labute approximate surface area is 72.7 Å². The number of hydrogen-bond acceptors (Lipinski definition) is 0. The first-order valence-corrected chi connectivity index (χ1v) is 4.19. The highest BCUT2D eigenvalue weighted by molar-refractivity contribution is 5.20. The van der Waals surface area contributed by atoms with Gasteiger partial charge in [-0.1, -0.05) is 37.3 Å². The molecule has 0 fully saturated rings. The molecule has 64 valence electrons. The molecule has 0 heterocycles. The first-order valence-electron chi connectivity index (χ1n) is 4.19. The van der Waals surface area contributed by atoms with Crippen LogP contribution in [0.2, 0.25) is 0 Å². The van der Waals surface area contributed by atoms with Gasteiger partial charge >= 0.3 is 0 Å². The smallest absolute Gasteiger partial charge is 0.0862 e. The van der Waals surface area contributed by atoms with Crippen LogP contribution in [0.3, 0.4) is 0 Å². The molecular weight excluding hydrogens is 151 g/mol. The van der Waals surface area contributed by atoms with Crippen molar-refractivity contribution in [2.45, 2.75) is 19.8 Å². The van der Waals surface area contributed by atoms with Crippen molar-refractivity contribution in [3.8, 4) is 0 Å². The molecule has 0 aromatic heterocycles. The molecule has 0 unspecified atom stereocenters. The summed E-state index contributed by atoms with van der Waals surface area (Å²) < 4.78 is 12.2. The quantitative estimate of drug-likeness (QED) is 0.641. The van der Waals surface area contributed by atoms with Crippen LogP contribution < -0.4 is 0 Å². The fourth-order valence-corrected chi connectivity index (χ4v) is 1.10. The van der Waals surface area contributed by atoms with Crippen LogP contribution in [0.4, 0.5) is 4.39 Å². The van der Waals surface area contributed by atoms with E-state index in [2.05, 4.69) is 0 Å². The zero-order valence-corrected chi connectivity index (χ0v) is 7.26. The number of allylic oxidation sites excluding steroid dienone is 1. The summed E-state index contributed by atoms with van der Waals surface area (Å²) in [6.45, 7) is 1.97. The van der Waals surface area contributed by atoms with Crippen LogP contribution in [0.1, 0.15) is 18.9 Å². The van der Waals surface area contributed by atoms with Crippen LogP contribution in [-0.2, 0) is 6.42 Å². The summed E-state index contributed by atoms with van der Waals surface area (Å²) >= 11 is 0. The second-order valence-electron chi connectivity index (χ2n) is 2.78. The monoisotopic (exact) mass is 164 g/mol. The first-order chi connectivity index (χ1) is 5.86. The highest BCUT2D eigenvalue weighted by Gasteiger charge is 1.95. The van der Waals surface area contributed by atoms with Crippen molar-refractivity contribution >= 4 is 0 Å². The molecule has 0 amide bonds. The first kappa shape index (κ1) is 8.98. The molecule has 0 spiro atoms. The lowest BCUT2D eigenvalue weighted by atomic mass is 10.1. The lowest BCUT2D eigenvalue weighted by Crippen LogP contribution is -1.87. The molecule has 0 N–H and O–H groups in total. The van der Waals surface area contributed by atoms with Gasteiger partial charge in [-0.3, -0.25) is 0 Å². The summed E-state index contributed by atoms with van der Waals surface area (Å²) in [4.78, 5) is 0. The summed E-state index contributed by atoms with van der Waals surface area (Å²) in [5.41, 5.74) is 2.02. The van der Waals surface area contributed by atoms with Gasteiger partial charge in [0.25, 0.3) is 0 Å². The minimum atomic E-state index is 0.715. The van der Waals surface area contributed by atoms with E-state index in [4.69, 9.17) is 0 Å². The topological polar surface area (TPSA) is 0 Å². The van der Waals surface area contributed by atoms with Crippen LogP contribution in [-0.4, -0.2) is 0 Å². The lowest BCUT2D eigenvalue weighted by molar-refractivity contribution is 0.696. The molecule has 0 aliphatic rings.